The monoisotopic (exact) mass is 369 g/mol. The molecule has 2 atom stereocenters. The van der Waals surface area contributed by atoms with Crippen LogP contribution in [0.2, 0.25) is 0 Å². The average molecular weight is 369 g/mol. The van der Waals surface area contributed by atoms with Gasteiger partial charge in [0.1, 0.15) is 11.3 Å². The smallest absolute Gasteiger partial charge is 0.347 e. The number of nitrogens with one attached hydrogen (secondary N) is 1. The van der Waals surface area contributed by atoms with Crippen LogP contribution < -0.4 is 10.1 Å². The number of carbonyl (C=O) groups is 2. The molecule has 1 amide bonds. The first-order chi connectivity index (χ1) is 12.9. The molecule has 7 heteroatoms. The van der Waals surface area contributed by atoms with Crippen LogP contribution in [0.4, 0.5) is 0 Å². The highest BCUT2D eigenvalue weighted by molar-refractivity contribution is 5.85. The highest BCUT2D eigenvalue weighted by atomic mass is 16.6. The topological polar surface area (TPSA) is 112 Å². The number of hydrogen-bond acceptors (Lipinski definition) is 6. The summed E-state index contributed by atoms with van der Waals surface area (Å²) in [5.41, 5.74) is -0.391. The Morgan fingerprint density at radius 2 is 1.70 bits per heavy atom. The van der Waals surface area contributed by atoms with Crippen molar-refractivity contribution in [2.24, 2.45) is 0 Å². The lowest BCUT2D eigenvalue weighted by Crippen LogP contribution is -2.52. The van der Waals surface area contributed by atoms with Crippen molar-refractivity contribution in [3.05, 3.63) is 29.8 Å². The number of amides is 1. The number of rotatable bonds is 6. The Labute approximate surface area is 158 Å². The van der Waals surface area contributed by atoms with Crippen LogP contribution in [0, 0.1) is 22.7 Å². The fourth-order valence-electron chi connectivity index (χ4n) is 2.94. The summed E-state index contributed by atoms with van der Waals surface area (Å²) in [4.78, 5) is 24.5. The molecule has 0 radical (unpaired) electrons. The van der Waals surface area contributed by atoms with Gasteiger partial charge in [0.25, 0.3) is 5.91 Å². The maximum Gasteiger partial charge on any atom is 0.347 e. The Morgan fingerprint density at radius 3 is 2.26 bits per heavy atom. The zero-order valence-corrected chi connectivity index (χ0v) is 15.5. The molecule has 0 heterocycles. The molecule has 1 fully saturated rings. The van der Waals surface area contributed by atoms with E-state index in [0.717, 1.165) is 19.3 Å². The van der Waals surface area contributed by atoms with E-state index in [1.54, 1.807) is 24.3 Å². The predicted molar refractivity (Wildman–Crippen MR) is 96.4 cm³/mol. The maximum absolute atomic E-state index is 12.4. The van der Waals surface area contributed by atoms with Crippen molar-refractivity contribution < 1.29 is 19.1 Å². The van der Waals surface area contributed by atoms with Crippen molar-refractivity contribution in [1.29, 1.82) is 10.5 Å². The van der Waals surface area contributed by atoms with Gasteiger partial charge in [-0.3, -0.25) is 4.79 Å². The minimum atomic E-state index is -1.03. The van der Waals surface area contributed by atoms with E-state index in [2.05, 4.69) is 11.4 Å². The number of esters is 1. The molecule has 2 rings (SSSR count). The third-order valence-electron chi connectivity index (χ3n) is 4.57. The molecule has 0 spiro atoms. The average Bonchev–Trinajstić information content (AvgIpc) is 2.69. The van der Waals surface area contributed by atoms with Gasteiger partial charge in [0, 0.05) is 0 Å². The molecule has 1 aliphatic carbocycles. The van der Waals surface area contributed by atoms with Crippen LogP contribution in [0.5, 0.6) is 5.75 Å². The van der Waals surface area contributed by atoms with E-state index in [1.807, 2.05) is 6.07 Å². The van der Waals surface area contributed by atoms with Crippen molar-refractivity contribution in [2.75, 3.05) is 0 Å². The van der Waals surface area contributed by atoms with Gasteiger partial charge in [0.05, 0.1) is 17.7 Å². The van der Waals surface area contributed by atoms with Gasteiger partial charge in [-0.15, -0.1) is 0 Å². The van der Waals surface area contributed by atoms with E-state index < -0.39 is 29.6 Å². The van der Waals surface area contributed by atoms with E-state index in [9.17, 15) is 14.9 Å². The molecule has 142 valence electrons. The molecule has 0 saturated heterocycles. The Hall–Kier alpha value is -3.06. The van der Waals surface area contributed by atoms with Crippen LogP contribution in [0.3, 0.4) is 0 Å². The molecule has 0 unspecified atom stereocenters. The van der Waals surface area contributed by atoms with E-state index in [4.69, 9.17) is 14.7 Å². The number of ether oxygens (including phenoxy) is 2. The SMILES string of the molecule is C[C@H](OC(=O)[C@H](C)Oc1ccc(C#N)cc1)C(=O)NC1(C#N)CCCCC1. The molecule has 1 N–H and O–H groups in total. The molecule has 27 heavy (non-hydrogen) atoms. The second kappa shape index (κ2) is 9.05. The lowest BCUT2D eigenvalue weighted by Gasteiger charge is -2.32. The van der Waals surface area contributed by atoms with Gasteiger partial charge in [0.15, 0.2) is 12.2 Å². The van der Waals surface area contributed by atoms with Crippen LogP contribution in [0.25, 0.3) is 0 Å². The van der Waals surface area contributed by atoms with Crippen molar-refractivity contribution >= 4 is 11.9 Å². The molecule has 0 aromatic heterocycles. The quantitative estimate of drug-likeness (QED) is 0.771. The fraction of sp³-hybridized carbons (Fsp3) is 0.500. The summed E-state index contributed by atoms with van der Waals surface area (Å²) in [7, 11) is 0. The molecule has 1 aromatic carbocycles. The van der Waals surface area contributed by atoms with Gasteiger partial charge in [-0.05, 0) is 51.0 Å². The molecule has 1 aliphatic rings. The zero-order valence-electron chi connectivity index (χ0n) is 15.5. The van der Waals surface area contributed by atoms with Crippen LogP contribution in [0.1, 0.15) is 51.5 Å². The summed E-state index contributed by atoms with van der Waals surface area (Å²) in [6, 6.07) is 10.5. The van der Waals surface area contributed by atoms with Gasteiger partial charge in [-0.25, -0.2) is 4.79 Å². The molecular weight excluding hydrogens is 346 g/mol. The molecular formula is C20H23N3O4. The Bertz CT molecular complexity index is 755. The predicted octanol–water partition coefficient (Wildman–Crippen LogP) is 2.60. The molecule has 1 saturated carbocycles. The van der Waals surface area contributed by atoms with E-state index >= 15 is 0 Å². The second-order valence-corrected chi connectivity index (χ2v) is 6.72. The van der Waals surface area contributed by atoms with Gasteiger partial charge >= 0.3 is 5.97 Å². The standard InChI is InChI=1S/C20H23N3O4/c1-14(18(24)23-20(13-22)10-4-3-5-11-20)27-19(25)15(2)26-17-8-6-16(12-21)7-9-17/h6-9,14-15H,3-5,10-11H2,1-2H3,(H,23,24)/t14-,15-/m0/s1. The normalized spacial score (nSPS) is 17.5. The minimum absolute atomic E-state index is 0.418. The van der Waals surface area contributed by atoms with Crippen molar-refractivity contribution in [1.82, 2.24) is 5.32 Å². The second-order valence-electron chi connectivity index (χ2n) is 6.72. The van der Waals surface area contributed by atoms with Crippen LogP contribution in [0.15, 0.2) is 24.3 Å². The highest BCUT2D eigenvalue weighted by Crippen LogP contribution is 2.27. The largest absolute Gasteiger partial charge is 0.479 e. The van der Waals surface area contributed by atoms with Crippen molar-refractivity contribution in [2.45, 2.75) is 63.7 Å². The van der Waals surface area contributed by atoms with E-state index in [-0.39, 0.29) is 0 Å². The first-order valence-corrected chi connectivity index (χ1v) is 9.00. The third kappa shape index (κ3) is 5.46. The Balaban J connectivity index is 1.88. The highest BCUT2D eigenvalue weighted by Gasteiger charge is 2.35. The fourth-order valence-corrected chi connectivity index (χ4v) is 2.94. The Kier molecular flexibility index (Phi) is 6.79. The minimum Gasteiger partial charge on any atom is -0.479 e. The van der Waals surface area contributed by atoms with Crippen molar-refractivity contribution in [3.8, 4) is 17.9 Å². The molecule has 1 aromatic rings. The van der Waals surface area contributed by atoms with Gasteiger partial charge in [0.2, 0.25) is 0 Å². The van der Waals surface area contributed by atoms with E-state index in [0.29, 0.717) is 24.2 Å². The Morgan fingerprint density at radius 1 is 1.07 bits per heavy atom. The first kappa shape index (κ1) is 20.3. The number of nitriles is 2. The number of benzene rings is 1. The van der Waals surface area contributed by atoms with Crippen LogP contribution in [-0.4, -0.2) is 29.6 Å². The molecule has 7 nitrogen and oxygen atoms in total. The zero-order chi connectivity index (χ0) is 19.9. The summed E-state index contributed by atoms with van der Waals surface area (Å²) in [6.07, 6.45) is 2.08. The van der Waals surface area contributed by atoms with Gasteiger partial charge < -0.3 is 14.8 Å². The number of nitrogens with zero attached hydrogens (tertiary/aromatic N) is 2. The van der Waals surface area contributed by atoms with Gasteiger partial charge in [-0.2, -0.15) is 10.5 Å². The summed E-state index contributed by atoms with van der Waals surface area (Å²) in [6.45, 7) is 2.98. The maximum atomic E-state index is 12.4. The summed E-state index contributed by atoms with van der Waals surface area (Å²) < 4.78 is 10.7. The molecule has 0 aliphatic heterocycles. The summed E-state index contributed by atoms with van der Waals surface area (Å²) in [5.74, 6) is -0.754. The lowest BCUT2D eigenvalue weighted by atomic mass is 9.83. The summed E-state index contributed by atoms with van der Waals surface area (Å²) >= 11 is 0. The summed E-state index contributed by atoms with van der Waals surface area (Å²) in [5, 5.41) is 21.0. The van der Waals surface area contributed by atoms with Crippen LogP contribution in [-0.2, 0) is 14.3 Å². The first-order valence-electron chi connectivity index (χ1n) is 9.00. The number of hydrogen-bond donors (Lipinski definition) is 1. The lowest BCUT2D eigenvalue weighted by molar-refractivity contribution is -0.161. The third-order valence-corrected chi connectivity index (χ3v) is 4.57. The molecule has 0 bridgehead atoms. The van der Waals surface area contributed by atoms with Crippen molar-refractivity contribution in [3.63, 3.8) is 0 Å². The van der Waals surface area contributed by atoms with Gasteiger partial charge in [-0.1, -0.05) is 19.3 Å². The number of carbonyl (C=O) groups excluding carboxylic acids is 2. The van der Waals surface area contributed by atoms with E-state index in [1.165, 1.54) is 13.8 Å². The van der Waals surface area contributed by atoms with Crippen LogP contribution >= 0.6 is 0 Å².